The van der Waals surface area contributed by atoms with Crippen LogP contribution in [-0.4, -0.2) is 28.4 Å². The van der Waals surface area contributed by atoms with E-state index in [1.807, 2.05) is 41.4 Å². The predicted molar refractivity (Wildman–Crippen MR) is 111 cm³/mol. The van der Waals surface area contributed by atoms with E-state index in [1.54, 1.807) is 0 Å². The van der Waals surface area contributed by atoms with Crippen LogP contribution in [-0.2, 0) is 11.3 Å². The number of aromatic nitrogens is 1. The summed E-state index contributed by atoms with van der Waals surface area (Å²) >= 11 is 0. The summed E-state index contributed by atoms with van der Waals surface area (Å²) < 4.78 is 5.83. The fraction of sp³-hybridized carbons (Fsp3) is 0.208. The van der Waals surface area contributed by atoms with Gasteiger partial charge in [-0.05, 0) is 58.8 Å². The molecule has 5 rings (SSSR count). The third-order valence-corrected chi connectivity index (χ3v) is 5.36. The van der Waals surface area contributed by atoms with Gasteiger partial charge in [0.2, 0.25) is 0 Å². The highest BCUT2D eigenvalue weighted by atomic mass is 16.5. The summed E-state index contributed by atoms with van der Waals surface area (Å²) in [4.78, 5) is 18.1. The number of H-pyrrole nitrogens is 1. The molecule has 4 nitrogen and oxygen atoms in total. The van der Waals surface area contributed by atoms with Crippen LogP contribution in [0.15, 0.2) is 72.9 Å². The normalized spacial score (nSPS) is 13.7. The molecule has 1 aliphatic carbocycles. The topological polar surface area (TPSA) is 45.3 Å². The summed E-state index contributed by atoms with van der Waals surface area (Å²) in [6, 6.07) is 22.8. The van der Waals surface area contributed by atoms with Gasteiger partial charge in [-0.1, -0.05) is 42.5 Å². The van der Waals surface area contributed by atoms with Gasteiger partial charge in [-0.2, -0.15) is 0 Å². The average molecular weight is 370 g/mol. The number of hydrogen-bond acceptors (Lipinski definition) is 2. The zero-order chi connectivity index (χ0) is 18.9. The van der Waals surface area contributed by atoms with Crippen molar-refractivity contribution in [3.8, 4) is 5.75 Å². The molecule has 0 saturated heterocycles. The Bertz CT molecular complexity index is 1140. The number of nitrogens with zero attached hydrogens (tertiary/aromatic N) is 1. The van der Waals surface area contributed by atoms with Gasteiger partial charge in [-0.3, -0.25) is 4.79 Å². The fourth-order valence-electron chi connectivity index (χ4n) is 3.68. The summed E-state index contributed by atoms with van der Waals surface area (Å²) in [5.41, 5.74) is 2.24. The second-order valence-electron chi connectivity index (χ2n) is 7.45. The molecule has 28 heavy (non-hydrogen) atoms. The number of hydrogen-bond donors (Lipinski definition) is 1. The Morgan fingerprint density at radius 2 is 1.79 bits per heavy atom. The van der Waals surface area contributed by atoms with Crippen LogP contribution in [0, 0.1) is 0 Å². The lowest BCUT2D eigenvalue weighted by Gasteiger charge is -2.23. The molecule has 0 bridgehead atoms. The maximum absolute atomic E-state index is 12.9. The first kappa shape index (κ1) is 16.9. The molecular weight excluding hydrogens is 348 g/mol. The zero-order valence-electron chi connectivity index (χ0n) is 15.6. The Labute approximate surface area is 163 Å². The highest BCUT2D eigenvalue weighted by Crippen LogP contribution is 2.29. The van der Waals surface area contributed by atoms with Crippen LogP contribution in [0.25, 0.3) is 21.7 Å². The minimum absolute atomic E-state index is 0.0437. The van der Waals surface area contributed by atoms with Crippen LogP contribution in [0.1, 0.15) is 18.4 Å². The Morgan fingerprint density at radius 1 is 0.964 bits per heavy atom. The standard InChI is InChI=1S/C24H22N2O2/c27-24(16-28-22-10-7-18-3-1-2-4-20(18)14-22)26(21-8-9-21)15-17-5-6-19-11-12-25-23(19)13-17/h1-7,10-14,21,25H,8-9,15-16H2. The molecule has 1 N–H and O–H groups in total. The Kier molecular flexibility index (Phi) is 4.24. The van der Waals surface area contributed by atoms with Gasteiger partial charge in [0.25, 0.3) is 5.91 Å². The quantitative estimate of drug-likeness (QED) is 0.525. The minimum atomic E-state index is 0.0437. The van der Waals surface area contributed by atoms with Crippen LogP contribution in [0.4, 0.5) is 0 Å². The lowest BCUT2D eigenvalue weighted by Crippen LogP contribution is -2.36. The number of fused-ring (bicyclic) bond motifs is 2. The number of carbonyl (C=O) groups excluding carboxylic acids is 1. The molecular formula is C24H22N2O2. The predicted octanol–water partition coefficient (Wildman–Crippen LogP) is 4.89. The molecule has 1 heterocycles. The van der Waals surface area contributed by atoms with Gasteiger partial charge in [0.1, 0.15) is 5.75 Å². The van der Waals surface area contributed by atoms with Crippen LogP contribution in [0.3, 0.4) is 0 Å². The maximum Gasteiger partial charge on any atom is 0.261 e. The van der Waals surface area contributed by atoms with Crippen molar-refractivity contribution in [2.75, 3.05) is 6.61 Å². The second kappa shape index (κ2) is 7.04. The van der Waals surface area contributed by atoms with Gasteiger partial charge >= 0.3 is 0 Å². The van der Waals surface area contributed by atoms with E-state index in [1.165, 1.54) is 10.8 Å². The molecule has 3 aromatic carbocycles. The number of nitrogens with one attached hydrogen (secondary N) is 1. The number of ether oxygens (including phenoxy) is 1. The van der Waals surface area contributed by atoms with Crippen molar-refractivity contribution < 1.29 is 9.53 Å². The Morgan fingerprint density at radius 3 is 2.64 bits per heavy atom. The number of rotatable bonds is 6. The average Bonchev–Trinajstić information content (AvgIpc) is 3.46. The summed E-state index contributed by atoms with van der Waals surface area (Å²) in [5, 5.41) is 3.47. The lowest BCUT2D eigenvalue weighted by atomic mass is 10.1. The molecule has 0 spiro atoms. The molecule has 4 heteroatoms. The zero-order valence-corrected chi connectivity index (χ0v) is 15.6. The number of aromatic amines is 1. The molecule has 1 saturated carbocycles. The van der Waals surface area contributed by atoms with E-state index < -0.39 is 0 Å². The van der Waals surface area contributed by atoms with E-state index in [4.69, 9.17) is 4.74 Å². The van der Waals surface area contributed by atoms with E-state index in [0.717, 1.165) is 35.1 Å². The summed E-state index contributed by atoms with van der Waals surface area (Å²) in [6.45, 7) is 0.694. The second-order valence-corrected chi connectivity index (χ2v) is 7.45. The van der Waals surface area contributed by atoms with Crippen molar-refractivity contribution in [2.24, 2.45) is 0 Å². The molecule has 0 unspecified atom stereocenters. The monoisotopic (exact) mass is 370 g/mol. The molecule has 0 atom stereocenters. The SMILES string of the molecule is O=C(COc1ccc2ccccc2c1)N(Cc1ccc2cc[nH]c2c1)C1CC1. The number of carbonyl (C=O) groups is 1. The third-order valence-electron chi connectivity index (χ3n) is 5.36. The molecule has 1 aromatic heterocycles. The van der Waals surface area contributed by atoms with Crippen molar-refractivity contribution in [1.82, 2.24) is 9.88 Å². The van der Waals surface area contributed by atoms with Gasteiger partial charge in [0.15, 0.2) is 6.61 Å². The lowest BCUT2D eigenvalue weighted by molar-refractivity contribution is -0.134. The van der Waals surface area contributed by atoms with Gasteiger partial charge in [-0.15, -0.1) is 0 Å². The van der Waals surface area contributed by atoms with Gasteiger partial charge in [0.05, 0.1) is 0 Å². The number of benzene rings is 3. The fourth-order valence-corrected chi connectivity index (χ4v) is 3.68. The highest BCUT2D eigenvalue weighted by molar-refractivity contribution is 5.84. The highest BCUT2D eigenvalue weighted by Gasteiger charge is 2.32. The first-order valence-electron chi connectivity index (χ1n) is 9.73. The molecule has 1 fully saturated rings. The molecule has 0 radical (unpaired) electrons. The van der Waals surface area contributed by atoms with Gasteiger partial charge < -0.3 is 14.6 Å². The van der Waals surface area contributed by atoms with Crippen molar-refractivity contribution in [2.45, 2.75) is 25.4 Å². The first-order chi connectivity index (χ1) is 13.8. The number of amides is 1. The van der Waals surface area contributed by atoms with Crippen molar-refractivity contribution in [3.05, 3.63) is 78.5 Å². The largest absolute Gasteiger partial charge is 0.484 e. The van der Waals surface area contributed by atoms with Crippen molar-refractivity contribution in [3.63, 3.8) is 0 Å². The smallest absolute Gasteiger partial charge is 0.261 e. The molecule has 0 aliphatic heterocycles. The Hall–Kier alpha value is -3.27. The van der Waals surface area contributed by atoms with Crippen LogP contribution in [0.5, 0.6) is 5.75 Å². The van der Waals surface area contributed by atoms with E-state index in [2.05, 4.69) is 41.4 Å². The van der Waals surface area contributed by atoms with E-state index >= 15 is 0 Å². The molecule has 1 amide bonds. The first-order valence-corrected chi connectivity index (χ1v) is 9.73. The van der Waals surface area contributed by atoms with E-state index in [0.29, 0.717) is 12.6 Å². The van der Waals surface area contributed by atoms with Crippen LogP contribution >= 0.6 is 0 Å². The summed E-state index contributed by atoms with van der Waals surface area (Å²) in [5.74, 6) is 0.776. The third kappa shape index (κ3) is 3.46. The summed E-state index contributed by atoms with van der Waals surface area (Å²) in [7, 11) is 0. The van der Waals surface area contributed by atoms with Gasteiger partial charge in [0, 0.05) is 24.3 Å². The molecule has 4 aromatic rings. The summed E-state index contributed by atoms with van der Waals surface area (Å²) in [6.07, 6.45) is 4.09. The van der Waals surface area contributed by atoms with Crippen LogP contribution < -0.4 is 4.74 Å². The maximum atomic E-state index is 12.9. The Balaban J connectivity index is 1.28. The van der Waals surface area contributed by atoms with E-state index in [9.17, 15) is 4.79 Å². The molecule has 1 aliphatic rings. The van der Waals surface area contributed by atoms with Gasteiger partial charge in [-0.25, -0.2) is 0 Å². The van der Waals surface area contributed by atoms with Crippen molar-refractivity contribution >= 4 is 27.6 Å². The van der Waals surface area contributed by atoms with Crippen LogP contribution in [0.2, 0.25) is 0 Å². The molecule has 140 valence electrons. The van der Waals surface area contributed by atoms with Crippen molar-refractivity contribution in [1.29, 1.82) is 0 Å². The minimum Gasteiger partial charge on any atom is -0.484 e. The van der Waals surface area contributed by atoms with E-state index in [-0.39, 0.29) is 12.5 Å².